The number of aromatic hydroxyl groups is 1. The Labute approximate surface area is 109 Å². The highest BCUT2D eigenvalue weighted by Crippen LogP contribution is 2.29. The molecule has 0 aliphatic carbocycles. The molecule has 1 aromatic carbocycles. The lowest BCUT2D eigenvalue weighted by Crippen LogP contribution is -2.25. The molecule has 0 aliphatic rings. The van der Waals surface area contributed by atoms with Gasteiger partial charge in [0.2, 0.25) is 10.0 Å². The highest BCUT2D eigenvalue weighted by molar-refractivity contribution is 7.93. The van der Waals surface area contributed by atoms with Crippen molar-refractivity contribution in [2.45, 2.75) is 18.6 Å². The van der Waals surface area contributed by atoms with Crippen molar-refractivity contribution in [2.24, 2.45) is 0 Å². The number of phenolic OH excluding ortho intramolecular Hbond substituents is 1. The van der Waals surface area contributed by atoms with Gasteiger partial charge < -0.3 is 5.11 Å². The zero-order valence-electron chi connectivity index (χ0n) is 9.90. The monoisotopic (exact) mass is 285 g/mol. The molecule has 0 aromatic heterocycles. The largest absolute Gasteiger partial charge is 0.505 e. The molecule has 0 amide bonds. The quantitative estimate of drug-likeness (QED) is 0.476. The minimum atomic E-state index is -3.97. The molecule has 1 rings (SSSR count). The molecule has 102 valence electrons. The average molecular weight is 285 g/mol. The van der Waals surface area contributed by atoms with E-state index in [1.165, 1.54) is 6.92 Å². The van der Waals surface area contributed by atoms with Crippen LogP contribution in [0.25, 0.3) is 0 Å². The predicted octanol–water partition coefficient (Wildman–Crippen LogP) is 1.34. The lowest BCUT2D eigenvalue weighted by atomic mass is 10.2. The number of nitriles is 1. The molecule has 0 radical (unpaired) electrons. The minimum absolute atomic E-state index is 0.0829. The van der Waals surface area contributed by atoms with Crippen molar-refractivity contribution in [1.29, 1.82) is 5.26 Å². The number of nitro groups is 1. The molecule has 8 nitrogen and oxygen atoms in total. The summed E-state index contributed by atoms with van der Waals surface area (Å²) in [6.45, 7) is 1.53. The maximum Gasteiger partial charge on any atom is 0.273 e. The normalized spacial score (nSPS) is 12.4. The van der Waals surface area contributed by atoms with Crippen LogP contribution < -0.4 is 4.72 Å². The third-order valence-corrected chi connectivity index (χ3v) is 4.03. The second kappa shape index (κ2) is 5.53. The fourth-order valence-electron chi connectivity index (χ4n) is 1.32. The average Bonchev–Trinajstić information content (AvgIpc) is 2.32. The van der Waals surface area contributed by atoms with Gasteiger partial charge in [-0.1, -0.05) is 6.92 Å². The maximum absolute atomic E-state index is 11.8. The first-order chi connectivity index (χ1) is 8.81. The van der Waals surface area contributed by atoms with Gasteiger partial charge in [0, 0.05) is 6.07 Å². The number of non-ortho nitro benzene ring substituents is 1. The third kappa shape index (κ3) is 3.32. The molecule has 2 N–H and O–H groups in total. The summed E-state index contributed by atoms with van der Waals surface area (Å²) < 4.78 is 25.5. The summed E-state index contributed by atoms with van der Waals surface area (Å²) in [5.41, 5.74) is -0.577. The van der Waals surface area contributed by atoms with Gasteiger partial charge in [-0.05, 0) is 12.5 Å². The molecule has 0 aliphatic heterocycles. The summed E-state index contributed by atoms with van der Waals surface area (Å²) in [4.78, 5) is 9.74. The van der Waals surface area contributed by atoms with Crippen LogP contribution in [0.3, 0.4) is 0 Å². The van der Waals surface area contributed by atoms with Gasteiger partial charge in [0.25, 0.3) is 5.69 Å². The van der Waals surface area contributed by atoms with E-state index in [0.717, 1.165) is 18.2 Å². The molecule has 1 atom stereocenters. The van der Waals surface area contributed by atoms with E-state index in [0.29, 0.717) is 0 Å². The van der Waals surface area contributed by atoms with Crippen LogP contribution in [0.15, 0.2) is 18.2 Å². The van der Waals surface area contributed by atoms with Crippen LogP contribution in [0.4, 0.5) is 11.4 Å². The Bertz CT molecular complexity index is 635. The second-order valence-corrected chi connectivity index (χ2v) is 5.49. The first kappa shape index (κ1) is 14.7. The Balaban J connectivity index is 3.08. The number of nitrogens with one attached hydrogen (secondary N) is 1. The van der Waals surface area contributed by atoms with Crippen LogP contribution in [0.5, 0.6) is 5.75 Å². The topological polar surface area (TPSA) is 133 Å². The predicted molar refractivity (Wildman–Crippen MR) is 67.0 cm³/mol. The van der Waals surface area contributed by atoms with Crippen molar-refractivity contribution in [3.63, 3.8) is 0 Å². The van der Waals surface area contributed by atoms with Gasteiger partial charge in [-0.15, -0.1) is 0 Å². The van der Waals surface area contributed by atoms with E-state index >= 15 is 0 Å². The summed E-state index contributed by atoms with van der Waals surface area (Å²) in [5, 5.41) is 27.4. The summed E-state index contributed by atoms with van der Waals surface area (Å²) in [7, 11) is -3.97. The van der Waals surface area contributed by atoms with E-state index in [4.69, 9.17) is 5.26 Å². The van der Waals surface area contributed by atoms with Crippen molar-refractivity contribution >= 4 is 21.4 Å². The summed E-state index contributed by atoms with van der Waals surface area (Å²) in [6, 6.07) is 4.56. The lowest BCUT2D eigenvalue weighted by Gasteiger charge is -2.12. The van der Waals surface area contributed by atoms with Crippen molar-refractivity contribution in [3.8, 4) is 11.8 Å². The Hall–Kier alpha value is -2.34. The van der Waals surface area contributed by atoms with Gasteiger partial charge in [-0.3, -0.25) is 14.8 Å². The van der Waals surface area contributed by atoms with Crippen LogP contribution in [0.2, 0.25) is 0 Å². The molecule has 19 heavy (non-hydrogen) atoms. The molecule has 0 saturated carbocycles. The van der Waals surface area contributed by atoms with Gasteiger partial charge in [0.05, 0.1) is 22.7 Å². The van der Waals surface area contributed by atoms with E-state index < -0.39 is 25.9 Å². The fraction of sp³-hybridized carbons (Fsp3) is 0.300. The number of hydrogen-bond donors (Lipinski definition) is 2. The van der Waals surface area contributed by atoms with E-state index in [9.17, 15) is 23.6 Å². The van der Waals surface area contributed by atoms with Gasteiger partial charge in [0.15, 0.2) is 5.25 Å². The van der Waals surface area contributed by atoms with Crippen LogP contribution in [0.1, 0.15) is 13.3 Å². The van der Waals surface area contributed by atoms with Gasteiger partial charge in [0.1, 0.15) is 5.75 Å². The molecule has 1 aromatic rings. The Kier molecular flexibility index (Phi) is 4.29. The molecule has 1 unspecified atom stereocenters. The number of benzene rings is 1. The SMILES string of the molecule is CCC(C#N)S(=O)(=O)Nc1ccc([N+](=O)[O-])cc1O. The Morgan fingerprint density at radius 2 is 2.21 bits per heavy atom. The van der Waals surface area contributed by atoms with E-state index in [1.54, 1.807) is 6.07 Å². The standard InChI is InChI=1S/C10H11N3O5S/c1-2-8(6-11)19(17,18)12-9-4-3-7(13(15)16)5-10(9)14/h3-5,8,12,14H,2H2,1H3. The van der Waals surface area contributed by atoms with E-state index in [1.807, 2.05) is 4.72 Å². The number of sulfonamides is 1. The molecule has 0 bridgehead atoms. The van der Waals surface area contributed by atoms with Crippen LogP contribution in [-0.2, 0) is 10.0 Å². The second-order valence-electron chi connectivity index (χ2n) is 3.63. The van der Waals surface area contributed by atoms with Crippen LogP contribution in [-0.4, -0.2) is 23.7 Å². The first-order valence-corrected chi connectivity index (χ1v) is 6.75. The van der Waals surface area contributed by atoms with Crippen molar-refractivity contribution in [2.75, 3.05) is 4.72 Å². The molecule has 0 fully saturated rings. The van der Waals surface area contributed by atoms with Gasteiger partial charge in [-0.2, -0.15) is 5.26 Å². The Morgan fingerprint density at radius 3 is 2.63 bits per heavy atom. The smallest absolute Gasteiger partial charge is 0.273 e. The number of nitro benzene ring substituents is 1. The Morgan fingerprint density at radius 1 is 1.58 bits per heavy atom. The van der Waals surface area contributed by atoms with Gasteiger partial charge >= 0.3 is 0 Å². The summed E-state index contributed by atoms with van der Waals surface area (Å²) >= 11 is 0. The molecule has 0 heterocycles. The highest BCUT2D eigenvalue weighted by atomic mass is 32.2. The fourth-order valence-corrected chi connectivity index (χ4v) is 2.52. The number of hydrogen-bond acceptors (Lipinski definition) is 6. The summed E-state index contributed by atoms with van der Waals surface area (Å²) in [6.07, 6.45) is 0.0829. The minimum Gasteiger partial charge on any atom is -0.505 e. The molecular weight excluding hydrogens is 274 g/mol. The van der Waals surface area contributed by atoms with Gasteiger partial charge in [-0.25, -0.2) is 8.42 Å². The number of nitrogens with zero attached hydrogens (tertiary/aromatic N) is 2. The lowest BCUT2D eigenvalue weighted by molar-refractivity contribution is -0.384. The molecule has 0 saturated heterocycles. The molecule has 9 heteroatoms. The van der Waals surface area contributed by atoms with Crippen LogP contribution in [0, 0.1) is 21.4 Å². The zero-order valence-corrected chi connectivity index (χ0v) is 10.7. The zero-order chi connectivity index (χ0) is 14.6. The number of phenols is 1. The van der Waals surface area contributed by atoms with Crippen LogP contribution >= 0.6 is 0 Å². The molecular formula is C10H11N3O5S. The van der Waals surface area contributed by atoms with Crippen molar-refractivity contribution < 1.29 is 18.4 Å². The van der Waals surface area contributed by atoms with Crippen molar-refractivity contribution in [1.82, 2.24) is 0 Å². The molecule has 0 spiro atoms. The first-order valence-electron chi connectivity index (χ1n) is 5.20. The number of anilines is 1. The third-order valence-electron chi connectivity index (χ3n) is 2.33. The van der Waals surface area contributed by atoms with E-state index in [-0.39, 0.29) is 17.8 Å². The highest BCUT2D eigenvalue weighted by Gasteiger charge is 2.24. The summed E-state index contributed by atoms with van der Waals surface area (Å²) in [5.74, 6) is -0.578. The maximum atomic E-state index is 11.8. The van der Waals surface area contributed by atoms with E-state index in [2.05, 4.69) is 0 Å². The van der Waals surface area contributed by atoms with Crippen molar-refractivity contribution in [3.05, 3.63) is 28.3 Å². The number of rotatable bonds is 5.